The Morgan fingerprint density at radius 2 is 1.71 bits per heavy atom. The van der Waals surface area contributed by atoms with E-state index in [0.717, 1.165) is 0 Å². The molecule has 0 bridgehead atoms. The van der Waals surface area contributed by atoms with Crippen LogP contribution in [0.2, 0.25) is 0 Å². The highest BCUT2D eigenvalue weighted by Crippen LogP contribution is 2.44. The number of nitrogens with one attached hydrogen (secondary N) is 2. The van der Waals surface area contributed by atoms with Crippen LogP contribution in [0, 0.1) is 0 Å². The Morgan fingerprint density at radius 3 is 2.56 bits per heavy atom. The molecule has 34 heavy (non-hydrogen) atoms. The Bertz CT molecular complexity index is 1580. The zero-order valence-electron chi connectivity index (χ0n) is 17.7. The van der Waals surface area contributed by atoms with E-state index in [9.17, 15) is 19.2 Å². The number of anilines is 2. The van der Waals surface area contributed by atoms with Crippen LogP contribution in [0.1, 0.15) is 32.4 Å². The molecule has 2 aliphatic rings. The summed E-state index contributed by atoms with van der Waals surface area (Å²) in [7, 11) is 0. The quantitative estimate of drug-likeness (QED) is 0.497. The third kappa shape index (κ3) is 2.91. The number of nitrogens with zero attached hydrogens (tertiary/aromatic N) is 3. The maximum Gasteiger partial charge on any atom is 0.260 e. The van der Waals surface area contributed by atoms with Crippen molar-refractivity contribution < 1.29 is 14.4 Å². The predicted molar refractivity (Wildman–Crippen MR) is 124 cm³/mol. The van der Waals surface area contributed by atoms with Gasteiger partial charge in [-0.05, 0) is 36.4 Å². The Hall–Kier alpha value is -4.79. The highest BCUT2D eigenvalue weighted by atomic mass is 16.2. The average Bonchev–Trinajstić information content (AvgIpc) is 3.15. The zero-order chi connectivity index (χ0) is 23.4. The Labute approximate surface area is 192 Å². The standard InChI is InChI=1S/C25H17N5O4/c31-21(28-14-9-10-19-18(11-14)22(32)27-13-26-19)12-29-23-15-5-1-2-6-16(15)25(34)30(23)20-8-4-3-7-17(20)24(29)33/h1-11,13,23H,12H2,(H,28,31)(H,26,27,32). The van der Waals surface area contributed by atoms with Gasteiger partial charge < -0.3 is 15.2 Å². The molecule has 4 aromatic rings. The van der Waals surface area contributed by atoms with Gasteiger partial charge in [0, 0.05) is 16.8 Å². The van der Waals surface area contributed by atoms with Gasteiger partial charge in [-0.25, -0.2) is 4.98 Å². The van der Waals surface area contributed by atoms with Gasteiger partial charge >= 0.3 is 0 Å². The summed E-state index contributed by atoms with van der Waals surface area (Å²) in [6, 6.07) is 18.8. The van der Waals surface area contributed by atoms with Crippen molar-refractivity contribution in [1.29, 1.82) is 0 Å². The second-order valence-electron chi connectivity index (χ2n) is 8.10. The molecule has 2 N–H and O–H groups in total. The van der Waals surface area contributed by atoms with Crippen molar-refractivity contribution in [3.8, 4) is 0 Å². The van der Waals surface area contributed by atoms with E-state index >= 15 is 0 Å². The topological polar surface area (TPSA) is 115 Å². The number of hydrogen-bond donors (Lipinski definition) is 2. The van der Waals surface area contributed by atoms with Crippen molar-refractivity contribution in [1.82, 2.24) is 14.9 Å². The van der Waals surface area contributed by atoms with Crippen molar-refractivity contribution in [2.24, 2.45) is 0 Å². The summed E-state index contributed by atoms with van der Waals surface area (Å²) < 4.78 is 0. The van der Waals surface area contributed by atoms with Crippen molar-refractivity contribution in [3.63, 3.8) is 0 Å². The molecule has 2 aliphatic heterocycles. The molecule has 9 heteroatoms. The second kappa shape index (κ2) is 7.38. The number of aromatic amines is 1. The van der Waals surface area contributed by atoms with Gasteiger partial charge in [-0.3, -0.25) is 24.1 Å². The van der Waals surface area contributed by atoms with E-state index in [4.69, 9.17) is 0 Å². The van der Waals surface area contributed by atoms with E-state index in [1.165, 1.54) is 17.3 Å². The number of carbonyl (C=O) groups excluding carboxylic acids is 3. The lowest BCUT2D eigenvalue weighted by atomic mass is 10.0. The number of H-pyrrole nitrogens is 1. The molecule has 0 saturated heterocycles. The van der Waals surface area contributed by atoms with Crippen molar-refractivity contribution in [2.45, 2.75) is 6.17 Å². The van der Waals surface area contributed by atoms with Gasteiger partial charge in [-0.15, -0.1) is 0 Å². The molecule has 0 radical (unpaired) electrons. The Morgan fingerprint density at radius 1 is 0.941 bits per heavy atom. The summed E-state index contributed by atoms with van der Waals surface area (Å²) in [5.41, 5.74) is 2.64. The SMILES string of the molecule is O=C(CN1C(=O)c2ccccc2N2C(=O)c3ccccc3C12)Nc1ccc2nc[nH]c(=O)c2c1. The van der Waals surface area contributed by atoms with Gasteiger partial charge in [0.1, 0.15) is 12.7 Å². The first-order valence-electron chi connectivity index (χ1n) is 10.6. The summed E-state index contributed by atoms with van der Waals surface area (Å²) in [5.74, 6) is -1.01. The molecule has 0 spiro atoms. The van der Waals surface area contributed by atoms with Gasteiger partial charge in [-0.1, -0.05) is 30.3 Å². The van der Waals surface area contributed by atoms with Crippen LogP contribution < -0.4 is 15.8 Å². The number of hydrogen-bond acceptors (Lipinski definition) is 5. The van der Waals surface area contributed by atoms with E-state index in [1.54, 1.807) is 65.6 Å². The molecule has 6 rings (SSSR count). The lowest BCUT2D eigenvalue weighted by Crippen LogP contribution is -2.50. The largest absolute Gasteiger partial charge is 0.325 e. The van der Waals surface area contributed by atoms with Gasteiger partial charge in [0.15, 0.2) is 0 Å². The zero-order valence-corrected chi connectivity index (χ0v) is 17.7. The number of aromatic nitrogens is 2. The van der Waals surface area contributed by atoms with Crippen LogP contribution in [0.15, 0.2) is 77.9 Å². The fraction of sp³-hybridized carbons (Fsp3) is 0.0800. The second-order valence-corrected chi connectivity index (χ2v) is 8.10. The monoisotopic (exact) mass is 451 g/mol. The minimum absolute atomic E-state index is 0.216. The van der Waals surface area contributed by atoms with Gasteiger partial charge in [-0.2, -0.15) is 0 Å². The molecule has 166 valence electrons. The number of carbonyl (C=O) groups is 3. The predicted octanol–water partition coefficient (Wildman–Crippen LogP) is 2.68. The Kier molecular flexibility index (Phi) is 4.31. The molecule has 0 fully saturated rings. The third-order valence-electron chi connectivity index (χ3n) is 6.12. The van der Waals surface area contributed by atoms with Gasteiger partial charge in [0.2, 0.25) is 5.91 Å². The smallest absolute Gasteiger partial charge is 0.260 e. The molecular weight excluding hydrogens is 434 g/mol. The molecule has 3 heterocycles. The summed E-state index contributed by atoms with van der Waals surface area (Å²) in [4.78, 5) is 61.3. The first kappa shape index (κ1) is 19.9. The number of benzene rings is 3. The van der Waals surface area contributed by atoms with Crippen LogP contribution in [0.3, 0.4) is 0 Å². The lowest BCUT2D eigenvalue weighted by Gasteiger charge is -2.40. The third-order valence-corrected chi connectivity index (χ3v) is 6.12. The number of fused-ring (bicyclic) bond motifs is 6. The maximum absolute atomic E-state index is 13.4. The van der Waals surface area contributed by atoms with Crippen molar-refractivity contribution in [2.75, 3.05) is 16.8 Å². The van der Waals surface area contributed by atoms with Gasteiger partial charge in [0.05, 0.1) is 28.5 Å². The highest BCUT2D eigenvalue weighted by molar-refractivity contribution is 6.17. The Balaban J connectivity index is 1.36. The molecule has 1 unspecified atom stereocenters. The molecule has 3 aromatic carbocycles. The molecule has 0 saturated carbocycles. The summed E-state index contributed by atoms with van der Waals surface area (Å²) in [5, 5.41) is 3.09. The number of rotatable bonds is 3. The normalized spacial score (nSPS) is 16.3. The van der Waals surface area contributed by atoms with E-state index in [0.29, 0.717) is 39.0 Å². The summed E-state index contributed by atoms with van der Waals surface area (Å²) >= 11 is 0. The van der Waals surface area contributed by atoms with E-state index in [1.807, 2.05) is 0 Å². The minimum Gasteiger partial charge on any atom is -0.325 e. The van der Waals surface area contributed by atoms with Crippen LogP contribution in [0.4, 0.5) is 11.4 Å². The van der Waals surface area contributed by atoms with Crippen LogP contribution in [0.25, 0.3) is 10.9 Å². The first-order chi connectivity index (χ1) is 16.5. The van der Waals surface area contributed by atoms with E-state index < -0.39 is 12.1 Å². The molecule has 3 amide bonds. The number of para-hydroxylation sites is 1. The molecule has 9 nitrogen and oxygen atoms in total. The van der Waals surface area contributed by atoms with Crippen LogP contribution in [0.5, 0.6) is 0 Å². The molecule has 0 aliphatic carbocycles. The fourth-order valence-electron chi connectivity index (χ4n) is 4.64. The fourth-order valence-corrected chi connectivity index (χ4v) is 4.64. The minimum atomic E-state index is -0.722. The van der Waals surface area contributed by atoms with Crippen molar-refractivity contribution >= 4 is 40.0 Å². The van der Waals surface area contributed by atoms with E-state index in [-0.39, 0.29) is 23.9 Å². The maximum atomic E-state index is 13.4. The summed E-state index contributed by atoms with van der Waals surface area (Å²) in [6.45, 7) is -0.280. The van der Waals surface area contributed by atoms with E-state index in [2.05, 4.69) is 15.3 Å². The van der Waals surface area contributed by atoms with Crippen LogP contribution in [-0.4, -0.2) is 39.1 Å². The highest BCUT2D eigenvalue weighted by Gasteiger charge is 2.48. The molecular formula is C25H17N5O4. The molecule has 1 aromatic heterocycles. The summed E-state index contributed by atoms with van der Waals surface area (Å²) in [6.07, 6.45) is 0.593. The van der Waals surface area contributed by atoms with Crippen LogP contribution >= 0.6 is 0 Å². The first-order valence-corrected chi connectivity index (χ1v) is 10.6. The number of amides is 3. The lowest BCUT2D eigenvalue weighted by molar-refractivity contribution is -0.117. The van der Waals surface area contributed by atoms with Crippen molar-refractivity contribution in [3.05, 3.63) is 100 Å². The molecule has 1 atom stereocenters. The van der Waals surface area contributed by atoms with Gasteiger partial charge in [0.25, 0.3) is 17.4 Å². The van der Waals surface area contributed by atoms with Crippen LogP contribution in [-0.2, 0) is 4.79 Å². The average molecular weight is 451 g/mol.